The molecule has 0 N–H and O–H groups in total. The summed E-state index contributed by atoms with van der Waals surface area (Å²) in [5.41, 5.74) is 0. The lowest BCUT2D eigenvalue weighted by molar-refractivity contribution is -0.176. The molecule has 1 saturated heterocycles. The van der Waals surface area contributed by atoms with Gasteiger partial charge in [0.15, 0.2) is 5.79 Å². The number of rotatable bonds is 5. The van der Waals surface area contributed by atoms with Gasteiger partial charge in [0.1, 0.15) is 0 Å². The highest BCUT2D eigenvalue weighted by molar-refractivity contribution is 4.76. The second-order valence-electron chi connectivity index (χ2n) is 4.00. The van der Waals surface area contributed by atoms with Gasteiger partial charge in [0.2, 0.25) is 0 Å². The van der Waals surface area contributed by atoms with Gasteiger partial charge in [-0.2, -0.15) is 0 Å². The average molecular weight is 186 g/mol. The molecule has 1 fully saturated rings. The third kappa shape index (κ3) is 2.96. The zero-order valence-electron chi connectivity index (χ0n) is 9.14. The third-order valence-corrected chi connectivity index (χ3v) is 2.54. The summed E-state index contributed by atoms with van der Waals surface area (Å²) in [5, 5.41) is 0. The first-order chi connectivity index (χ1) is 6.22. The molecule has 0 aromatic carbocycles. The van der Waals surface area contributed by atoms with Crippen LogP contribution in [-0.4, -0.2) is 18.5 Å². The maximum atomic E-state index is 5.87. The lowest BCUT2D eigenvalue weighted by Gasteiger charge is -2.27. The van der Waals surface area contributed by atoms with E-state index in [4.69, 9.17) is 9.47 Å². The van der Waals surface area contributed by atoms with Gasteiger partial charge in [-0.15, -0.1) is 0 Å². The number of hydrogen-bond donors (Lipinski definition) is 0. The van der Waals surface area contributed by atoms with Gasteiger partial charge in [-0.05, 0) is 13.3 Å². The number of hydrogen-bond acceptors (Lipinski definition) is 2. The van der Waals surface area contributed by atoms with Crippen molar-refractivity contribution in [1.82, 2.24) is 0 Å². The molecule has 13 heavy (non-hydrogen) atoms. The van der Waals surface area contributed by atoms with Crippen LogP contribution in [0.15, 0.2) is 0 Å². The molecule has 0 aromatic rings. The summed E-state index contributed by atoms with van der Waals surface area (Å²) in [4.78, 5) is 0. The molecule has 1 heterocycles. The molecule has 0 spiro atoms. The first-order valence-electron chi connectivity index (χ1n) is 5.54. The Bertz CT molecular complexity index is 143. The summed E-state index contributed by atoms with van der Waals surface area (Å²) in [6, 6.07) is 0. The summed E-state index contributed by atoms with van der Waals surface area (Å²) in [7, 11) is 0. The normalized spacial score (nSPS) is 33.9. The van der Waals surface area contributed by atoms with Gasteiger partial charge in [-0.3, -0.25) is 0 Å². The molecule has 2 nitrogen and oxygen atoms in total. The number of ether oxygens (including phenoxy) is 2. The van der Waals surface area contributed by atoms with Crippen molar-refractivity contribution in [2.45, 2.75) is 64.8 Å². The first kappa shape index (κ1) is 11.0. The van der Waals surface area contributed by atoms with Gasteiger partial charge < -0.3 is 9.47 Å². The highest BCUT2D eigenvalue weighted by atomic mass is 16.7. The molecule has 0 amide bonds. The van der Waals surface area contributed by atoms with E-state index in [2.05, 4.69) is 20.8 Å². The smallest absolute Gasteiger partial charge is 0.168 e. The highest BCUT2D eigenvalue weighted by Gasteiger charge is 2.38. The molecule has 0 radical (unpaired) electrons. The van der Waals surface area contributed by atoms with Crippen LogP contribution in [0.5, 0.6) is 0 Å². The Morgan fingerprint density at radius 1 is 1.23 bits per heavy atom. The second kappa shape index (κ2) is 4.97. The summed E-state index contributed by atoms with van der Waals surface area (Å²) >= 11 is 0. The summed E-state index contributed by atoms with van der Waals surface area (Å²) in [6.07, 6.45) is 5.93. The quantitative estimate of drug-likeness (QED) is 0.657. The Kier molecular flexibility index (Phi) is 4.20. The highest BCUT2D eigenvalue weighted by Crippen LogP contribution is 2.33. The van der Waals surface area contributed by atoms with Gasteiger partial charge in [-0.1, -0.05) is 26.7 Å². The molecule has 0 saturated carbocycles. The molecule has 78 valence electrons. The molecule has 1 aliphatic heterocycles. The molecule has 0 aromatic heterocycles. The summed E-state index contributed by atoms with van der Waals surface area (Å²) in [6.45, 7) is 7.24. The van der Waals surface area contributed by atoms with E-state index in [1.165, 1.54) is 12.8 Å². The fraction of sp³-hybridized carbons (Fsp3) is 1.00. The lowest BCUT2D eigenvalue weighted by Crippen LogP contribution is -2.30. The van der Waals surface area contributed by atoms with Gasteiger partial charge in [-0.25, -0.2) is 0 Å². The lowest BCUT2D eigenvalue weighted by atomic mass is 10.0. The van der Waals surface area contributed by atoms with Gasteiger partial charge in [0, 0.05) is 12.8 Å². The predicted octanol–water partition coefficient (Wildman–Crippen LogP) is 3.11. The van der Waals surface area contributed by atoms with Crippen LogP contribution in [0.2, 0.25) is 0 Å². The van der Waals surface area contributed by atoms with Crippen LogP contribution in [0, 0.1) is 0 Å². The Morgan fingerprint density at radius 3 is 2.46 bits per heavy atom. The SMILES string of the molecule is CCCCC1(CCC)OCC(C)O1. The summed E-state index contributed by atoms with van der Waals surface area (Å²) in [5.74, 6) is -0.232. The molecule has 2 atom stereocenters. The van der Waals surface area contributed by atoms with E-state index in [0.717, 1.165) is 25.9 Å². The standard InChI is InChI=1S/C11H22O2/c1-4-6-8-11(7-5-2)12-9-10(3)13-11/h10H,4-9H2,1-3H3. The van der Waals surface area contributed by atoms with Crippen LogP contribution in [-0.2, 0) is 9.47 Å². The summed E-state index contributed by atoms with van der Waals surface area (Å²) < 4.78 is 11.6. The van der Waals surface area contributed by atoms with Gasteiger partial charge in [0.25, 0.3) is 0 Å². The van der Waals surface area contributed by atoms with Crippen LogP contribution in [0.25, 0.3) is 0 Å². The molecular weight excluding hydrogens is 164 g/mol. The molecule has 0 bridgehead atoms. The molecular formula is C11H22O2. The van der Waals surface area contributed by atoms with Crippen molar-refractivity contribution >= 4 is 0 Å². The van der Waals surface area contributed by atoms with Crippen molar-refractivity contribution in [3.63, 3.8) is 0 Å². The van der Waals surface area contributed by atoms with E-state index in [9.17, 15) is 0 Å². The van der Waals surface area contributed by atoms with E-state index >= 15 is 0 Å². The van der Waals surface area contributed by atoms with Crippen LogP contribution in [0.1, 0.15) is 52.9 Å². The van der Waals surface area contributed by atoms with E-state index in [1.807, 2.05) is 0 Å². The zero-order valence-corrected chi connectivity index (χ0v) is 9.14. The van der Waals surface area contributed by atoms with Gasteiger partial charge >= 0.3 is 0 Å². The van der Waals surface area contributed by atoms with E-state index in [0.29, 0.717) is 0 Å². The number of unbranched alkanes of at least 4 members (excludes halogenated alkanes) is 1. The average Bonchev–Trinajstić information content (AvgIpc) is 2.46. The van der Waals surface area contributed by atoms with Crippen LogP contribution in [0.3, 0.4) is 0 Å². The topological polar surface area (TPSA) is 18.5 Å². The third-order valence-electron chi connectivity index (χ3n) is 2.54. The Balaban J connectivity index is 2.44. The van der Waals surface area contributed by atoms with Gasteiger partial charge in [0.05, 0.1) is 12.7 Å². The van der Waals surface area contributed by atoms with Crippen molar-refractivity contribution in [3.8, 4) is 0 Å². The predicted molar refractivity (Wildman–Crippen MR) is 53.7 cm³/mol. The van der Waals surface area contributed by atoms with Crippen molar-refractivity contribution < 1.29 is 9.47 Å². The van der Waals surface area contributed by atoms with Crippen LogP contribution in [0.4, 0.5) is 0 Å². The minimum Gasteiger partial charge on any atom is -0.347 e. The van der Waals surface area contributed by atoms with E-state index in [-0.39, 0.29) is 11.9 Å². The van der Waals surface area contributed by atoms with Crippen molar-refractivity contribution in [2.75, 3.05) is 6.61 Å². The van der Waals surface area contributed by atoms with E-state index < -0.39 is 0 Å². The second-order valence-corrected chi connectivity index (χ2v) is 4.00. The monoisotopic (exact) mass is 186 g/mol. The fourth-order valence-electron chi connectivity index (χ4n) is 1.92. The maximum Gasteiger partial charge on any atom is 0.168 e. The largest absolute Gasteiger partial charge is 0.347 e. The zero-order chi connectivity index (χ0) is 9.73. The van der Waals surface area contributed by atoms with Crippen molar-refractivity contribution in [2.24, 2.45) is 0 Å². The molecule has 2 heteroatoms. The first-order valence-corrected chi connectivity index (χ1v) is 5.54. The van der Waals surface area contributed by atoms with Crippen molar-refractivity contribution in [3.05, 3.63) is 0 Å². The fourth-order valence-corrected chi connectivity index (χ4v) is 1.92. The van der Waals surface area contributed by atoms with E-state index in [1.54, 1.807) is 0 Å². The Morgan fingerprint density at radius 2 is 2.00 bits per heavy atom. The Labute approximate surface area is 81.6 Å². The van der Waals surface area contributed by atoms with Crippen LogP contribution >= 0.6 is 0 Å². The van der Waals surface area contributed by atoms with Crippen LogP contribution < -0.4 is 0 Å². The van der Waals surface area contributed by atoms with Crippen molar-refractivity contribution in [1.29, 1.82) is 0 Å². The Hall–Kier alpha value is -0.0800. The molecule has 2 unspecified atom stereocenters. The maximum absolute atomic E-state index is 5.87. The minimum atomic E-state index is -0.232. The molecule has 1 rings (SSSR count). The minimum absolute atomic E-state index is 0.232. The molecule has 0 aliphatic carbocycles. The molecule has 1 aliphatic rings.